The zero-order valence-corrected chi connectivity index (χ0v) is 16.0. The molecule has 0 aliphatic rings. The monoisotopic (exact) mass is 371 g/mol. The summed E-state index contributed by atoms with van der Waals surface area (Å²) in [6, 6.07) is 12.8. The van der Waals surface area contributed by atoms with Crippen molar-refractivity contribution in [3.8, 4) is 0 Å². The van der Waals surface area contributed by atoms with E-state index >= 15 is 0 Å². The average Bonchev–Trinajstić information content (AvgIpc) is 3.00. The lowest BCUT2D eigenvalue weighted by Gasteiger charge is -2.22. The molecule has 1 heterocycles. The van der Waals surface area contributed by atoms with Crippen LogP contribution in [0, 0.1) is 12.7 Å². The molecule has 0 spiro atoms. The molecule has 4 nitrogen and oxygen atoms in total. The van der Waals surface area contributed by atoms with Gasteiger partial charge in [0.1, 0.15) is 11.3 Å². The number of hydrogen-bond donors (Lipinski definition) is 0. The normalized spacial score (nSPS) is 11.3. The third kappa shape index (κ3) is 4.26. The first-order chi connectivity index (χ1) is 12.4. The highest BCUT2D eigenvalue weighted by Crippen LogP contribution is 2.30. The zero-order valence-electron chi connectivity index (χ0n) is 15.2. The number of anilines is 1. The molecule has 26 heavy (non-hydrogen) atoms. The summed E-state index contributed by atoms with van der Waals surface area (Å²) in [5.74, 6) is -0.388. The Morgan fingerprint density at radius 3 is 2.62 bits per heavy atom. The van der Waals surface area contributed by atoms with E-state index in [-0.39, 0.29) is 11.7 Å². The fraction of sp³-hybridized carbons (Fsp3) is 0.300. The SMILES string of the molecule is Cc1cccc(CC(=O)N(CCN(C)C)c2nc3c(F)cccc3s2)c1. The van der Waals surface area contributed by atoms with Gasteiger partial charge in [-0.1, -0.05) is 47.2 Å². The van der Waals surface area contributed by atoms with Crippen LogP contribution in [0.2, 0.25) is 0 Å². The molecule has 3 rings (SSSR count). The molecular weight excluding hydrogens is 349 g/mol. The van der Waals surface area contributed by atoms with Gasteiger partial charge in [0.15, 0.2) is 5.13 Å². The van der Waals surface area contributed by atoms with Gasteiger partial charge >= 0.3 is 0 Å². The summed E-state index contributed by atoms with van der Waals surface area (Å²) in [5, 5.41) is 0.546. The molecule has 6 heteroatoms. The summed E-state index contributed by atoms with van der Waals surface area (Å²) in [4.78, 5) is 21.1. The van der Waals surface area contributed by atoms with Crippen LogP contribution >= 0.6 is 11.3 Å². The molecule has 0 aliphatic carbocycles. The number of aryl methyl sites for hydroxylation is 1. The highest BCUT2D eigenvalue weighted by molar-refractivity contribution is 7.22. The Kier molecular flexibility index (Phi) is 5.64. The topological polar surface area (TPSA) is 36.4 Å². The Balaban J connectivity index is 1.90. The number of carbonyl (C=O) groups excluding carboxylic acids is 1. The quantitative estimate of drug-likeness (QED) is 0.660. The summed E-state index contributed by atoms with van der Waals surface area (Å²) < 4.78 is 14.8. The van der Waals surface area contributed by atoms with Crippen molar-refractivity contribution in [2.75, 3.05) is 32.1 Å². The maximum atomic E-state index is 14.0. The lowest BCUT2D eigenvalue weighted by Crippen LogP contribution is -2.37. The number of fused-ring (bicyclic) bond motifs is 1. The van der Waals surface area contributed by atoms with E-state index in [1.165, 1.54) is 17.4 Å². The van der Waals surface area contributed by atoms with Crippen LogP contribution in [0.25, 0.3) is 10.2 Å². The van der Waals surface area contributed by atoms with Crippen LogP contribution in [0.4, 0.5) is 9.52 Å². The number of hydrogen-bond acceptors (Lipinski definition) is 4. The van der Waals surface area contributed by atoms with Crippen LogP contribution in [0.15, 0.2) is 42.5 Å². The third-order valence-corrected chi connectivity index (χ3v) is 5.14. The van der Waals surface area contributed by atoms with E-state index in [1.54, 1.807) is 11.0 Å². The number of rotatable bonds is 6. The number of amides is 1. The van der Waals surface area contributed by atoms with Gasteiger partial charge in [-0.15, -0.1) is 0 Å². The van der Waals surface area contributed by atoms with Gasteiger partial charge in [-0.2, -0.15) is 0 Å². The molecule has 0 aliphatic heterocycles. The number of para-hydroxylation sites is 1. The highest BCUT2D eigenvalue weighted by Gasteiger charge is 2.21. The number of aromatic nitrogens is 1. The number of nitrogens with zero attached hydrogens (tertiary/aromatic N) is 3. The molecule has 0 saturated heterocycles. The van der Waals surface area contributed by atoms with Gasteiger partial charge in [0.25, 0.3) is 0 Å². The average molecular weight is 371 g/mol. The van der Waals surface area contributed by atoms with Crippen LogP contribution in [0.3, 0.4) is 0 Å². The van der Waals surface area contributed by atoms with E-state index in [4.69, 9.17) is 0 Å². The van der Waals surface area contributed by atoms with Crippen molar-refractivity contribution >= 4 is 32.6 Å². The van der Waals surface area contributed by atoms with Crippen LogP contribution in [-0.4, -0.2) is 43.0 Å². The van der Waals surface area contributed by atoms with Crippen molar-refractivity contribution in [2.24, 2.45) is 0 Å². The van der Waals surface area contributed by atoms with Crippen molar-refractivity contribution in [3.63, 3.8) is 0 Å². The molecule has 0 N–H and O–H groups in total. The molecule has 2 aromatic carbocycles. The van der Waals surface area contributed by atoms with Crippen LogP contribution in [0.5, 0.6) is 0 Å². The molecule has 1 aromatic heterocycles. The smallest absolute Gasteiger partial charge is 0.233 e. The maximum Gasteiger partial charge on any atom is 0.233 e. The summed E-state index contributed by atoms with van der Waals surface area (Å²) in [6.07, 6.45) is 0.299. The van der Waals surface area contributed by atoms with Gasteiger partial charge in [0, 0.05) is 13.1 Å². The second kappa shape index (κ2) is 7.93. The number of thiazole rings is 1. The standard InChI is InChI=1S/C20H22FN3OS/c1-14-6-4-7-15(12-14)13-18(25)24(11-10-23(2)3)20-22-19-16(21)8-5-9-17(19)26-20/h4-9,12H,10-11,13H2,1-3H3. The number of halogens is 1. The second-order valence-electron chi connectivity index (χ2n) is 6.60. The highest BCUT2D eigenvalue weighted by atomic mass is 32.1. The van der Waals surface area contributed by atoms with Crippen molar-refractivity contribution in [1.29, 1.82) is 0 Å². The fourth-order valence-electron chi connectivity index (χ4n) is 2.74. The van der Waals surface area contributed by atoms with Gasteiger partial charge in [0.2, 0.25) is 5.91 Å². The van der Waals surface area contributed by atoms with Crippen LogP contribution in [-0.2, 0) is 11.2 Å². The van der Waals surface area contributed by atoms with Gasteiger partial charge in [0.05, 0.1) is 11.1 Å². The molecule has 0 radical (unpaired) electrons. The molecule has 0 atom stereocenters. The fourth-order valence-corrected chi connectivity index (χ4v) is 3.76. The first-order valence-electron chi connectivity index (χ1n) is 8.50. The molecule has 0 unspecified atom stereocenters. The van der Waals surface area contributed by atoms with Gasteiger partial charge in [-0.3, -0.25) is 9.69 Å². The van der Waals surface area contributed by atoms with Gasteiger partial charge in [-0.25, -0.2) is 9.37 Å². The number of benzene rings is 2. The Bertz CT molecular complexity index is 922. The second-order valence-corrected chi connectivity index (χ2v) is 7.61. The molecule has 136 valence electrons. The number of carbonyl (C=O) groups is 1. The minimum Gasteiger partial charge on any atom is -0.308 e. The predicted octanol–water partition coefficient (Wildman–Crippen LogP) is 3.88. The maximum absolute atomic E-state index is 14.0. The molecule has 3 aromatic rings. The van der Waals surface area contributed by atoms with E-state index in [2.05, 4.69) is 4.98 Å². The van der Waals surface area contributed by atoms with E-state index in [9.17, 15) is 9.18 Å². The van der Waals surface area contributed by atoms with E-state index in [0.717, 1.165) is 15.8 Å². The Morgan fingerprint density at radius 2 is 1.92 bits per heavy atom. The van der Waals surface area contributed by atoms with E-state index in [1.807, 2.05) is 56.3 Å². The zero-order chi connectivity index (χ0) is 18.7. The van der Waals surface area contributed by atoms with Crippen LogP contribution < -0.4 is 4.90 Å². The Morgan fingerprint density at radius 1 is 1.15 bits per heavy atom. The third-order valence-electron chi connectivity index (χ3n) is 4.10. The molecule has 0 saturated carbocycles. The lowest BCUT2D eigenvalue weighted by molar-refractivity contribution is -0.118. The first kappa shape index (κ1) is 18.5. The minimum absolute atomic E-state index is 0.0306. The molecule has 0 bridgehead atoms. The Hall–Kier alpha value is -2.31. The van der Waals surface area contributed by atoms with Crippen LogP contribution in [0.1, 0.15) is 11.1 Å². The summed E-state index contributed by atoms with van der Waals surface area (Å²) in [5.41, 5.74) is 2.42. The molecular formula is C20H22FN3OS. The van der Waals surface area contributed by atoms with Crippen molar-refractivity contribution in [2.45, 2.75) is 13.3 Å². The van der Waals surface area contributed by atoms with E-state index < -0.39 is 0 Å². The van der Waals surface area contributed by atoms with Crippen molar-refractivity contribution in [1.82, 2.24) is 9.88 Å². The molecule has 1 amide bonds. The van der Waals surface area contributed by atoms with Crippen molar-refractivity contribution in [3.05, 3.63) is 59.4 Å². The van der Waals surface area contributed by atoms with Crippen molar-refractivity contribution < 1.29 is 9.18 Å². The predicted molar refractivity (Wildman–Crippen MR) is 105 cm³/mol. The summed E-state index contributed by atoms with van der Waals surface area (Å²) in [6.45, 7) is 3.23. The summed E-state index contributed by atoms with van der Waals surface area (Å²) >= 11 is 1.35. The number of likely N-dealkylation sites (N-methyl/N-ethyl adjacent to an activating group) is 1. The largest absolute Gasteiger partial charge is 0.308 e. The first-order valence-corrected chi connectivity index (χ1v) is 9.31. The Labute approximate surface area is 156 Å². The van der Waals surface area contributed by atoms with Gasteiger partial charge in [-0.05, 0) is 38.7 Å². The minimum atomic E-state index is -0.358. The summed E-state index contributed by atoms with van der Waals surface area (Å²) in [7, 11) is 3.92. The lowest BCUT2D eigenvalue weighted by atomic mass is 10.1. The van der Waals surface area contributed by atoms with E-state index in [0.29, 0.717) is 30.2 Å². The molecule has 0 fully saturated rings. The van der Waals surface area contributed by atoms with Gasteiger partial charge < -0.3 is 4.90 Å².